The summed E-state index contributed by atoms with van der Waals surface area (Å²) in [5.74, 6) is -4.89. The number of halogens is 5. The van der Waals surface area contributed by atoms with E-state index in [1.54, 1.807) is 23.2 Å². The van der Waals surface area contributed by atoms with E-state index in [0.717, 1.165) is 24.4 Å². The molecule has 10 nitrogen and oxygen atoms in total. The lowest BCUT2D eigenvalue weighted by atomic mass is 9.87. The summed E-state index contributed by atoms with van der Waals surface area (Å²) in [5, 5.41) is 12.9. The third-order valence-electron chi connectivity index (χ3n) is 10.0. The number of piperazine rings is 1. The van der Waals surface area contributed by atoms with Crippen molar-refractivity contribution in [2.45, 2.75) is 63.1 Å². The molecule has 1 atom stereocenters. The van der Waals surface area contributed by atoms with Crippen LogP contribution in [0.5, 0.6) is 0 Å². The number of likely N-dealkylation sites (tertiary alicyclic amines) is 1. The third-order valence-corrected chi connectivity index (χ3v) is 10.3. The Labute approximate surface area is 291 Å². The Morgan fingerprint density at radius 3 is 2.28 bits per heavy atom. The van der Waals surface area contributed by atoms with Crippen LogP contribution in [-0.4, -0.2) is 106 Å². The van der Waals surface area contributed by atoms with Crippen molar-refractivity contribution in [2.75, 3.05) is 51.1 Å². The van der Waals surface area contributed by atoms with Gasteiger partial charge in [-0.3, -0.25) is 29.1 Å². The van der Waals surface area contributed by atoms with Crippen molar-refractivity contribution in [1.82, 2.24) is 19.7 Å². The van der Waals surface area contributed by atoms with E-state index in [9.17, 15) is 32.7 Å². The highest BCUT2D eigenvalue weighted by Crippen LogP contribution is 2.37. The molecule has 0 spiro atoms. The van der Waals surface area contributed by atoms with Gasteiger partial charge in [0.25, 0.3) is 5.91 Å². The van der Waals surface area contributed by atoms with Crippen LogP contribution in [0.25, 0.3) is 10.9 Å². The monoisotopic (exact) mass is 721 g/mol. The lowest BCUT2D eigenvalue weighted by Crippen LogP contribution is -2.71. The number of aliphatic carboxylic acids is 1. The Hall–Kier alpha value is -3.56. The summed E-state index contributed by atoms with van der Waals surface area (Å²) in [5.41, 5.74) is 1.09. The number of H-pyrrole nitrogens is 1. The number of hydrogen-bond acceptors (Lipinski definition) is 7. The number of carboxylic acids is 1. The fraction of sp³-hybridized carbons (Fsp3) is 0.514. The molecule has 3 N–H and O–H groups in total. The van der Waals surface area contributed by atoms with E-state index in [0.29, 0.717) is 49.7 Å². The summed E-state index contributed by atoms with van der Waals surface area (Å²) in [6.45, 7) is 0.196. The van der Waals surface area contributed by atoms with Crippen molar-refractivity contribution in [1.29, 1.82) is 0 Å². The molecule has 3 aliphatic rings. The van der Waals surface area contributed by atoms with Crippen LogP contribution in [0.2, 0.25) is 5.02 Å². The van der Waals surface area contributed by atoms with Crippen LogP contribution in [0, 0.1) is 11.7 Å². The average Bonchev–Trinajstić information content (AvgIpc) is 3.77. The van der Waals surface area contributed by atoms with Crippen molar-refractivity contribution < 1.29 is 41.8 Å². The highest BCUT2D eigenvalue weighted by molar-refractivity contribution is 6.34. The fourth-order valence-electron chi connectivity index (χ4n) is 7.47. The number of carbonyl (C=O) groups excluding carboxylic acids is 2. The van der Waals surface area contributed by atoms with Crippen LogP contribution in [0.1, 0.15) is 54.4 Å². The van der Waals surface area contributed by atoms with Crippen LogP contribution in [0.3, 0.4) is 0 Å². The van der Waals surface area contributed by atoms with Gasteiger partial charge in [-0.15, -0.1) is 0 Å². The minimum atomic E-state index is -4.37. The van der Waals surface area contributed by atoms with Crippen LogP contribution in [-0.2, 0) is 20.7 Å². The number of nitrogens with zero attached hydrogens (tertiary/aromatic N) is 3. The van der Waals surface area contributed by atoms with Crippen LogP contribution in [0.4, 0.5) is 23.2 Å². The number of para-hydroxylation sites is 1. The lowest BCUT2D eigenvalue weighted by molar-refractivity contribution is -0.262. The predicted octanol–water partition coefficient (Wildman–Crippen LogP) is 5.91. The minimum Gasteiger partial charge on any atom is -0.481 e. The standard InChI is InChI=1S/C35H40ClF4N5O5/c36-27-17-23(28(37)19-30(27)42-32(47)26-20-41-29-6-2-1-5-25(26)29)18-31(46)35(44-11-3-4-12-44,50-24-9-7-22(8-10-24)33(48)49)45-15-13-43(14-16-45)21-34(38,39)40/h1-2,5-6,17,19-20,22,24,41H,3-4,7-16,18,21H2,(H,42,47)(H,48,49). The maximum Gasteiger partial charge on any atom is 0.401 e. The molecule has 6 rings (SSSR count). The Bertz CT molecular complexity index is 1710. The maximum atomic E-state index is 15.8. The minimum absolute atomic E-state index is 0.0165. The zero-order chi connectivity index (χ0) is 35.6. The van der Waals surface area contributed by atoms with Gasteiger partial charge in [0.05, 0.1) is 34.8 Å². The molecule has 2 aliphatic heterocycles. The van der Waals surface area contributed by atoms with Gasteiger partial charge in [-0.25, -0.2) is 4.39 Å². The number of ketones is 1. The molecule has 1 aromatic heterocycles. The van der Waals surface area contributed by atoms with Gasteiger partial charge >= 0.3 is 12.1 Å². The molecule has 15 heteroatoms. The summed E-state index contributed by atoms with van der Waals surface area (Å²) in [7, 11) is 0. The zero-order valence-corrected chi connectivity index (χ0v) is 28.2. The highest BCUT2D eigenvalue weighted by atomic mass is 35.5. The molecule has 1 unspecified atom stereocenters. The lowest BCUT2D eigenvalue weighted by Gasteiger charge is -2.52. The molecular weight excluding hydrogens is 682 g/mol. The number of carboxylic acid groups (broad SMARTS) is 1. The van der Waals surface area contributed by atoms with E-state index < -0.39 is 60.5 Å². The Morgan fingerprint density at radius 1 is 0.960 bits per heavy atom. The molecule has 270 valence electrons. The summed E-state index contributed by atoms with van der Waals surface area (Å²) in [6.07, 6.45) is -0.720. The summed E-state index contributed by atoms with van der Waals surface area (Å²) < 4.78 is 62.3. The number of amides is 1. The quantitative estimate of drug-likeness (QED) is 0.209. The van der Waals surface area contributed by atoms with Gasteiger partial charge in [-0.05, 0) is 62.3 Å². The third kappa shape index (κ3) is 7.84. The zero-order valence-electron chi connectivity index (χ0n) is 27.4. The van der Waals surface area contributed by atoms with Crippen molar-refractivity contribution >= 4 is 45.9 Å². The van der Waals surface area contributed by atoms with Gasteiger partial charge in [0.1, 0.15) is 5.82 Å². The van der Waals surface area contributed by atoms with E-state index in [1.165, 1.54) is 11.0 Å². The number of alkyl halides is 3. The van der Waals surface area contributed by atoms with Crippen molar-refractivity contribution in [3.63, 3.8) is 0 Å². The van der Waals surface area contributed by atoms with Gasteiger partial charge in [0.15, 0.2) is 5.78 Å². The number of aromatic nitrogens is 1. The second-order valence-corrected chi connectivity index (χ2v) is 13.7. The van der Waals surface area contributed by atoms with Gasteiger partial charge in [-0.1, -0.05) is 29.8 Å². The molecule has 3 fully saturated rings. The molecule has 2 saturated heterocycles. The van der Waals surface area contributed by atoms with Gasteiger partial charge < -0.3 is 20.1 Å². The summed E-state index contributed by atoms with van der Waals surface area (Å²) in [6, 6.07) is 9.59. The molecular formula is C35H40ClF4N5O5. The average molecular weight is 722 g/mol. The van der Waals surface area contributed by atoms with Gasteiger partial charge in [0, 0.05) is 62.8 Å². The molecule has 0 radical (unpaired) electrons. The van der Waals surface area contributed by atoms with Gasteiger partial charge in [-0.2, -0.15) is 13.2 Å². The van der Waals surface area contributed by atoms with Crippen LogP contribution in [0.15, 0.2) is 42.6 Å². The van der Waals surface area contributed by atoms with Crippen molar-refractivity contribution in [2.24, 2.45) is 5.92 Å². The van der Waals surface area contributed by atoms with E-state index in [-0.39, 0.29) is 42.5 Å². The number of fused-ring (bicyclic) bond motifs is 1. The van der Waals surface area contributed by atoms with E-state index >= 15 is 4.39 Å². The molecule has 0 bridgehead atoms. The predicted molar refractivity (Wildman–Crippen MR) is 178 cm³/mol. The first-order chi connectivity index (χ1) is 23.8. The largest absolute Gasteiger partial charge is 0.481 e. The molecule has 50 heavy (non-hydrogen) atoms. The van der Waals surface area contributed by atoms with Crippen LogP contribution < -0.4 is 5.32 Å². The number of Topliss-reactive ketones (excluding diaryl/α,β-unsaturated/α-hetero) is 1. The van der Waals surface area contributed by atoms with E-state index in [4.69, 9.17) is 16.3 Å². The molecule has 1 saturated carbocycles. The SMILES string of the molecule is O=C(Nc1cc(F)c(CC(=O)C(OC2CCC(C(=O)O)CC2)(N2CCCC2)N2CCN(CC(F)(F)F)CC2)cc1Cl)c1c[nH]c2ccccc12. The molecule has 3 aromatic rings. The number of anilines is 1. The Kier molecular flexibility index (Phi) is 10.8. The number of carbonyl (C=O) groups is 3. The topological polar surface area (TPSA) is 118 Å². The molecule has 2 aromatic carbocycles. The van der Waals surface area contributed by atoms with E-state index in [2.05, 4.69) is 10.3 Å². The van der Waals surface area contributed by atoms with Gasteiger partial charge in [0.2, 0.25) is 5.85 Å². The molecule has 1 amide bonds. The normalized spacial score (nSPS) is 22.4. The smallest absolute Gasteiger partial charge is 0.401 e. The summed E-state index contributed by atoms with van der Waals surface area (Å²) in [4.78, 5) is 47.4. The number of hydrogen-bond donors (Lipinski definition) is 3. The first-order valence-corrected chi connectivity index (χ1v) is 17.3. The molecule has 1 aliphatic carbocycles. The Balaban J connectivity index is 1.27. The second kappa shape index (κ2) is 15.0. The number of benzene rings is 2. The second-order valence-electron chi connectivity index (χ2n) is 13.3. The number of ether oxygens (including phenoxy) is 1. The number of nitrogens with one attached hydrogen (secondary N) is 2. The number of rotatable bonds is 11. The number of aromatic amines is 1. The van der Waals surface area contributed by atoms with Crippen molar-refractivity contribution in [3.8, 4) is 0 Å². The fourth-order valence-corrected chi connectivity index (χ4v) is 7.70. The summed E-state index contributed by atoms with van der Waals surface area (Å²) >= 11 is 6.56. The maximum absolute atomic E-state index is 15.8. The van der Waals surface area contributed by atoms with Crippen molar-refractivity contribution in [3.05, 3.63) is 64.6 Å². The first kappa shape index (κ1) is 36.2. The first-order valence-electron chi connectivity index (χ1n) is 16.9. The highest BCUT2D eigenvalue weighted by Gasteiger charge is 2.53. The van der Waals surface area contributed by atoms with E-state index in [1.807, 2.05) is 17.0 Å². The van der Waals surface area contributed by atoms with Crippen LogP contribution >= 0.6 is 11.6 Å². The Morgan fingerprint density at radius 2 is 1.62 bits per heavy atom. The molecule has 3 heterocycles.